The Bertz CT molecular complexity index is 657. The highest BCUT2D eigenvalue weighted by molar-refractivity contribution is 5.31. The van der Waals surface area contributed by atoms with Crippen LogP contribution in [-0.4, -0.2) is 18.8 Å². The number of hydrogen-bond donors (Lipinski definition) is 2. The van der Waals surface area contributed by atoms with Gasteiger partial charge in [-0.3, -0.25) is 0 Å². The number of halogens is 2. The molecule has 2 aromatic carbocycles. The van der Waals surface area contributed by atoms with E-state index in [4.69, 9.17) is 4.74 Å². The van der Waals surface area contributed by atoms with Gasteiger partial charge in [0.2, 0.25) is 0 Å². The number of benzene rings is 2. The normalized spacial score (nSPS) is 15.0. The van der Waals surface area contributed by atoms with Crippen LogP contribution in [0, 0.1) is 11.6 Å². The van der Waals surface area contributed by atoms with E-state index in [0.717, 1.165) is 5.56 Å². The third-order valence-electron chi connectivity index (χ3n) is 3.89. The van der Waals surface area contributed by atoms with Crippen LogP contribution in [-0.2, 0) is 5.60 Å². The Labute approximate surface area is 134 Å². The van der Waals surface area contributed by atoms with E-state index in [1.807, 2.05) is 6.92 Å². The van der Waals surface area contributed by atoms with Crippen molar-refractivity contribution >= 4 is 0 Å². The van der Waals surface area contributed by atoms with Gasteiger partial charge in [-0.2, -0.15) is 0 Å². The summed E-state index contributed by atoms with van der Waals surface area (Å²) >= 11 is 0. The maximum atomic E-state index is 13.8. The predicted octanol–water partition coefficient (Wildman–Crippen LogP) is 3.53. The van der Waals surface area contributed by atoms with Gasteiger partial charge >= 0.3 is 0 Å². The molecule has 2 N–H and O–H groups in total. The van der Waals surface area contributed by atoms with E-state index in [-0.39, 0.29) is 24.2 Å². The standard InChI is InChI=1S/C18H21F2NO2/c1-12(13-4-9-17(23-3)16(20)10-13)21-11-18(2,22)14-5-7-15(19)8-6-14/h4-10,12,21-22H,11H2,1-3H3. The van der Waals surface area contributed by atoms with E-state index >= 15 is 0 Å². The second-order valence-corrected chi connectivity index (χ2v) is 5.78. The molecule has 0 fully saturated rings. The minimum atomic E-state index is -1.16. The number of methoxy groups -OCH3 is 1. The first kappa shape index (κ1) is 17.4. The highest BCUT2D eigenvalue weighted by Gasteiger charge is 2.24. The smallest absolute Gasteiger partial charge is 0.165 e. The Morgan fingerprint density at radius 2 is 1.83 bits per heavy atom. The first-order valence-corrected chi connectivity index (χ1v) is 7.39. The van der Waals surface area contributed by atoms with Gasteiger partial charge < -0.3 is 15.2 Å². The van der Waals surface area contributed by atoms with Gasteiger partial charge in [0.15, 0.2) is 11.6 Å². The Balaban J connectivity index is 2.04. The van der Waals surface area contributed by atoms with Crippen molar-refractivity contribution < 1.29 is 18.6 Å². The average molecular weight is 321 g/mol. The Morgan fingerprint density at radius 1 is 1.17 bits per heavy atom. The molecule has 0 heterocycles. The minimum Gasteiger partial charge on any atom is -0.494 e. The lowest BCUT2D eigenvalue weighted by Gasteiger charge is -2.27. The molecular formula is C18H21F2NO2. The van der Waals surface area contributed by atoms with Crippen LogP contribution in [0.1, 0.15) is 31.0 Å². The van der Waals surface area contributed by atoms with Gasteiger partial charge in [-0.25, -0.2) is 8.78 Å². The number of hydrogen-bond acceptors (Lipinski definition) is 3. The van der Waals surface area contributed by atoms with Gasteiger partial charge in [0, 0.05) is 12.6 Å². The summed E-state index contributed by atoms with van der Waals surface area (Å²) in [5.74, 6) is -0.581. The zero-order chi connectivity index (χ0) is 17.0. The third kappa shape index (κ3) is 4.27. The van der Waals surface area contributed by atoms with Crippen molar-refractivity contribution in [1.82, 2.24) is 5.32 Å². The molecule has 0 saturated heterocycles. The van der Waals surface area contributed by atoms with Gasteiger partial charge in [0.05, 0.1) is 12.7 Å². The Hall–Kier alpha value is -1.98. The highest BCUT2D eigenvalue weighted by Crippen LogP contribution is 2.24. The van der Waals surface area contributed by atoms with E-state index in [1.165, 1.54) is 25.3 Å². The van der Waals surface area contributed by atoms with Crippen molar-refractivity contribution in [2.45, 2.75) is 25.5 Å². The molecule has 2 unspecified atom stereocenters. The molecule has 0 aromatic heterocycles. The number of aliphatic hydroxyl groups is 1. The van der Waals surface area contributed by atoms with Gasteiger partial charge in [-0.15, -0.1) is 0 Å². The van der Waals surface area contributed by atoms with E-state index in [2.05, 4.69) is 5.32 Å². The molecule has 124 valence electrons. The molecule has 0 spiro atoms. The number of nitrogens with one attached hydrogen (secondary N) is 1. The maximum absolute atomic E-state index is 13.8. The molecule has 0 bridgehead atoms. The zero-order valence-corrected chi connectivity index (χ0v) is 13.4. The third-order valence-corrected chi connectivity index (χ3v) is 3.89. The van der Waals surface area contributed by atoms with Crippen molar-refractivity contribution in [1.29, 1.82) is 0 Å². The molecule has 3 nitrogen and oxygen atoms in total. The summed E-state index contributed by atoms with van der Waals surface area (Å²) in [6, 6.07) is 10.3. The predicted molar refractivity (Wildman–Crippen MR) is 85.3 cm³/mol. The van der Waals surface area contributed by atoms with Gasteiger partial charge in [-0.05, 0) is 49.2 Å². The van der Waals surface area contributed by atoms with E-state index in [1.54, 1.807) is 31.2 Å². The molecule has 0 saturated carbocycles. The summed E-state index contributed by atoms with van der Waals surface area (Å²) in [6.07, 6.45) is 0. The summed E-state index contributed by atoms with van der Waals surface area (Å²) in [5.41, 5.74) is 0.199. The van der Waals surface area contributed by atoms with Crippen LogP contribution in [0.25, 0.3) is 0 Å². The molecule has 2 aromatic rings. The quantitative estimate of drug-likeness (QED) is 0.855. The molecule has 0 aliphatic heterocycles. The lowest BCUT2D eigenvalue weighted by atomic mass is 9.95. The van der Waals surface area contributed by atoms with Crippen molar-refractivity contribution in [3.8, 4) is 5.75 Å². The fourth-order valence-electron chi connectivity index (χ4n) is 2.33. The van der Waals surface area contributed by atoms with Crippen LogP contribution < -0.4 is 10.1 Å². The van der Waals surface area contributed by atoms with Crippen molar-refractivity contribution in [2.24, 2.45) is 0 Å². The zero-order valence-electron chi connectivity index (χ0n) is 13.4. The van der Waals surface area contributed by atoms with Gasteiger partial charge in [-0.1, -0.05) is 18.2 Å². The Kier molecular flexibility index (Phi) is 5.34. The van der Waals surface area contributed by atoms with E-state index < -0.39 is 11.4 Å². The van der Waals surface area contributed by atoms with Crippen molar-refractivity contribution in [2.75, 3.05) is 13.7 Å². The molecule has 0 amide bonds. The first-order valence-electron chi connectivity index (χ1n) is 7.39. The van der Waals surface area contributed by atoms with Crippen molar-refractivity contribution in [3.05, 3.63) is 65.2 Å². The fourth-order valence-corrected chi connectivity index (χ4v) is 2.33. The highest BCUT2D eigenvalue weighted by atomic mass is 19.1. The number of rotatable bonds is 6. The summed E-state index contributed by atoms with van der Waals surface area (Å²) in [6.45, 7) is 3.77. The molecule has 2 atom stereocenters. The monoisotopic (exact) mass is 321 g/mol. The molecule has 0 aliphatic rings. The molecule has 23 heavy (non-hydrogen) atoms. The van der Waals surface area contributed by atoms with E-state index in [0.29, 0.717) is 5.56 Å². The second kappa shape index (κ2) is 7.06. The van der Waals surface area contributed by atoms with E-state index in [9.17, 15) is 13.9 Å². The van der Waals surface area contributed by atoms with Crippen LogP contribution in [0.15, 0.2) is 42.5 Å². The van der Waals surface area contributed by atoms with Gasteiger partial charge in [0.1, 0.15) is 5.82 Å². The lowest BCUT2D eigenvalue weighted by molar-refractivity contribution is 0.0543. The maximum Gasteiger partial charge on any atom is 0.165 e. The van der Waals surface area contributed by atoms with Crippen LogP contribution in [0.2, 0.25) is 0 Å². The minimum absolute atomic E-state index is 0.165. The second-order valence-electron chi connectivity index (χ2n) is 5.78. The average Bonchev–Trinajstić information content (AvgIpc) is 2.53. The largest absolute Gasteiger partial charge is 0.494 e. The van der Waals surface area contributed by atoms with Crippen LogP contribution in [0.3, 0.4) is 0 Å². The van der Waals surface area contributed by atoms with Crippen LogP contribution >= 0.6 is 0 Å². The molecule has 0 radical (unpaired) electrons. The Morgan fingerprint density at radius 3 is 2.39 bits per heavy atom. The molecular weight excluding hydrogens is 300 g/mol. The molecule has 2 rings (SSSR count). The lowest BCUT2D eigenvalue weighted by Crippen LogP contribution is -2.36. The van der Waals surface area contributed by atoms with Crippen LogP contribution in [0.4, 0.5) is 8.78 Å². The molecule has 0 aliphatic carbocycles. The summed E-state index contributed by atoms with van der Waals surface area (Å²) in [7, 11) is 1.42. The fraction of sp³-hybridized carbons (Fsp3) is 0.333. The summed E-state index contributed by atoms with van der Waals surface area (Å²) < 4.78 is 31.6. The van der Waals surface area contributed by atoms with Crippen molar-refractivity contribution in [3.63, 3.8) is 0 Å². The van der Waals surface area contributed by atoms with Crippen LogP contribution in [0.5, 0.6) is 5.75 Å². The summed E-state index contributed by atoms with van der Waals surface area (Å²) in [5, 5.41) is 13.7. The summed E-state index contributed by atoms with van der Waals surface area (Å²) in [4.78, 5) is 0. The number of ether oxygens (including phenoxy) is 1. The topological polar surface area (TPSA) is 41.5 Å². The SMILES string of the molecule is COc1ccc(C(C)NCC(C)(O)c2ccc(F)cc2)cc1F. The van der Waals surface area contributed by atoms with Gasteiger partial charge in [0.25, 0.3) is 0 Å². The molecule has 5 heteroatoms. The first-order chi connectivity index (χ1) is 10.8.